The number of anilines is 3. The SMILES string of the molecule is CC(C)(CO)Nc1nc(Nc2cccc([N+](=O)[O-])c2)ncc1F. The summed E-state index contributed by atoms with van der Waals surface area (Å²) in [6.45, 7) is 3.15. The van der Waals surface area contributed by atoms with Crippen molar-refractivity contribution in [3.8, 4) is 0 Å². The number of halogens is 1. The van der Waals surface area contributed by atoms with E-state index in [-0.39, 0.29) is 24.1 Å². The zero-order valence-corrected chi connectivity index (χ0v) is 12.6. The van der Waals surface area contributed by atoms with Gasteiger partial charge in [0, 0.05) is 17.8 Å². The van der Waals surface area contributed by atoms with Crippen LogP contribution in [0.4, 0.5) is 27.5 Å². The number of aromatic nitrogens is 2. The Morgan fingerprint density at radius 2 is 2.17 bits per heavy atom. The van der Waals surface area contributed by atoms with Crippen molar-refractivity contribution in [3.63, 3.8) is 0 Å². The van der Waals surface area contributed by atoms with Crippen LogP contribution < -0.4 is 10.6 Å². The van der Waals surface area contributed by atoms with Gasteiger partial charge in [-0.25, -0.2) is 9.37 Å². The monoisotopic (exact) mass is 321 g/mol. The van der Waals surface area contributed by atoms with E-state index >= 15 is 0 Å². The number of aliphatic hydroxyl groups excluding tert-OH is 1. The van der Waals surface area contributed by atoms with Crippen molar-refractivity contribution in [1.29, 1.82) is 0 Å². The molecule has 8 nitrogen and oxygen atoms in total. The largest absolute Gasteiger partial charge is 0.394 e. The van der Waals surface area contributed by atoms with Crippen LogP contribution in [0.1, 0.15) is 13.8 Å². The van der Waals surface area contributed by atoms with E-state index in [4.69, 9.17) is 0 Å². The van der Waals surface area contributed by atoms with Gasteiger partial charge in [-0.1, -0.05) is 6.07 Å². The molecule has 0 saturated heterocycles. The fraction of sp³-hybridized carbons (Fsp3) is 0.286. The Hall–Kier alpha value is -2.81. The molecule has 0 aliphatic heterocycles. The second-order valence-electron chi connectivity index (χ2n) is 5.49. The summed E-state index contributed by atoms with van der Waals surface area (Å²) in [5, 5.41) is 25.5. The van der Waals surface area contributed by atoms with E-state index in [1.807, 2.05) is 0 Å². The molecule has 0 saturated carbocycles. The van der Waals surface area contributed by atoms with Crippen LogP contribution in [0.5, 0.6) is 0 Å². The number of nitrogens with one attached hydrogen (secondary N) is 2. The molecule has 0 atom stereocenters. The fourth-order valence-electron chi connectivity index (χ4n) is 1.70. The van der Waals surface area contributed by atoms with Crippen LogP contribution in [0.2, 0.25) is 0 Å². The predicted molar refractivity (Wildman–Crippen MR) is 83.2 cm³/mol. The van der Waals surface area contributed by atoms with Crippen LogP contribution in [0.15, 0.2) is 30.5 Å². The minimum atomic E-state index is -0.766. The fourth-order valence-corrected chi connectivity index (χ4v) is 1.70. The molecule has 0 amide bonds. The van der Waals surface area contributed by atoms with Gasteiger partial charge in [0.1, 0.15) is 0 Å². The normalized spacial score (nSPS) is 11.1. The number of nitro groups is 1. The number of aliphatic hydroxyl groups is 1. The summed E-state index contributed by atoms with van der Waals surface area (Å²) < 4.78 is 13.8. The van der Waals surface area contributed by atoms with E-state index in [1.165, 1.54) is 18.2 Å². The van der Waals surface area contributed by atoms with Crippen molar-refractivity contribution in [1.82, 2.24) is 9.97 Å². The van der Waals surface area contributed by atoms with Crippen molar-refractivity contribution in [2.24, 2.45) is 0 Å². The molecule has 1 heterocycles. The van der Waals surface area contributed by atoms with Crippen LogP contribution in [-0.4, -0.2) is 32.1 Å². The maximum atomic E-state index is 13.8. The van der Waals surface area contributed by atoms with Gasteiger partial charge in [-0.05, 0) is 19.9 Å². The molecule has 0 aliphatic rings. The Morgan fingerprint density at radius 1 is 1.43 bits per heavy atom. The number of non-ortho nitro benzene ring substituents is 1. The summed E-state index contributed by atoms with van der Waals surface area (Å²) in [5.74, 6) is -0.675. The smallest absolute Gasteiger partial charge is 0.271 e. The molecule has 1 aromatic carbocycles. The van der Waals surface area contributed by atoms with Crippen LogP contribution >= 0.6 is 0 Å². The molecule has 3 N–H and O–H groups in total. The third-order valence-electron chi connectivity index (χ3n) is 2.91. The average Bonchev–Trinajstić information content (AvgIpc) is 2.50. The molecule has 0 radical (unpaired) electrons. The van der Waals surface area contributed by atoms with Crippen molar-refractivity contribution in [3.05, 3.63) is 46.4 Å². The summed E-state index contributed by atoms with van der Waals surface area (Å²) in [4.78, 5) is 18.0. The highest BCUT2D eigenvalue weighted by Crippen LogP contribution is 2.22. The molecule has 23 heavy (non-hydrogen) atoms. The maximum Gasteiger partial charge on any atom is 0.271 e. The van der Waals surface area contributed by atoms with E-state index < -0.39 is 16.3 Å². The number of nitro benzene ring substituents is 1. The minimum absolute atomic E-state index is 0.0723. The van der Waals surface area contributed by atoms with E-state index in [2.05, 4.69) is 20.6 Å². The first-order valence-electron chi connectivity index (χ1n) is 6.74. The van der Waals surface area contributed by atoms with Crippen molar-refractivity contribution in [2.45, 2.75) is 19.4 Å². The summed E-state index contributed by atoms with van der Waals surface area (Å²) in [5.41, 5.74) is -0.451. The molecular weight excluding hydrogens is 305 g/mol. The van der Waals surface area contributed by atoms with Crippen LogP contribution in [0.25, 0.3) is 0 Å². The van der Waals surface area contributed by atoms with Gasteiger partial charge in [0.2, 0.25) is 5.95 Å². The second kappa shape index (κ2) is 6.53. The van der Waals surface area contributed by atoms with Gasteiger partial charge in [-0.2, -0.15) is 4.98 Å². The number of hydrogen-bond donors (Lipinski definition) is 3. The molecule has 0 bridgehead atoms. The third kappa shape index (κ3) is 4.33. The third-order valence-corrected chi connectivity index (χ3v) is 2.91. The quantitative estimate of drug-likeness (QED) is 0.553. The number of benzene rings is 1. The van der Waals surface area contributed by atoms with Gasteiger partial charge in [-0.3, -0.25) is 10.1 Å². The van der Waals surface area contributed by atoms with Gasteiger partial charge in [0.05, 0.1) is 23.3 Å². The molecule has 0 aliphatic carbocycles. The van der Waals surface area contributed by atoms with Crippen molar-refractivity contribution in [2.75, 3.05) is 17.2 Å². The standard InChI is InChI=1S/C14H16FN5O3/c1-14(2,8-21)19-12-11(15)7-16-13(18-12)17-9-4-3-5-10(6-9)20(22)23/h3-7,21H,8H2,1-2H3,(H2,16,17,18,19). The van der Waals surface area contributed by atoms with Gasteiger partial charge in [0.25, 0.3) is 5.69 Å². The molecule has 2 aromatic rings. The lowest BCUT2D eigenvalue weighted by atomic mass is 10.1. The number of hydrogen-bond acceptors (Lipinski definition) is 7. The van der Waals surface area contributed by atoms with E-state index in [0.29, 0.717) is 5.69 Å². The maximum absolute atomic E-state index is 13.8. The Morgan fingerprint density at radius 3 is 2.83 bits per heavy atom. The minimum Gasteiger partial charge on any atom is -0.394 e. The molecule has 1 aromatic heterocycles. The van der Waals surface area contributed by atoms with Crippen molar-refractivity contribution >= 4 is 23.1 Å². The Bertz CT molecular complexity index is 723. The van der Waals surface area contributed by atoms with E-state index in [1.54, 1.807) is 19.9 Å². The Balaban J connectivity index is 2.24. The summed E-state index contributed by atoms with van der Waals surface area (Å²) in [6, 6.07) is 5.79. The second-order valence-corrected chi connectivity index (χ2v) is 5.49. The first-order chi connectivity index (χ1) is 10.8. The van der Waals surface area contributed by atoms with Gasteiger partial charge in [-0.15, -0.1) is 0 Å². The van der Waals surface area contributed by atoms with Gasteiger partial charge >= 0.3 is 0 Å². The molecule has 122 valence electrons. The lowest BCUT2D eigenvalue weighted by molar-refractivity contribution is -0.384. The highest BCUT2D eigenvalue weighted by Gasteiger charge is 2.19. The van der Waals surface area contributed by atoms with E-state index in [9.17, 15) is 19.6 Å². The van der Waals surface area contributed by atoms with Crippen LogP contribution in [0.3, 0.4) is 0 Å². The average molecular weight is 321 g/mol. The number of nitrogens with zero attached hydrogens (tertiary/aromatic N) is 3. The zero-order chi connectivity index (χ0) is 17.0. The summed E-state index contributed by atoms with van der Waals surface area (Å²) >= 11 is 0. The van der Waals surface area contributed by atoms with E-state index in [0.717, 1.165) is 6.20 Å². The highest BCUT2D eigenvalue weighted by molar-refractivity contribution is 5.58. The highest BCUT2D eigenvalue weighted by atomic mass is 19.1. The van der Waals surface area contributed by atoms with Gasteiger partial charge < -0.3 is 15.7 Å². The van der Waals surface area contributed by atoms with Gasteiger partial charge in [0.15, 0.2) is 11.6 Å². The molecule has 0 unspecified atom stereocenters. The molecule has 0 fully saturated rings. The van der Waals surface area contributed by atoms with Crippen LogP contribution in [-0.2, 0) is 0 Å². The summed E-state index contributed by atoms with van der Waals surface area (Å²) in [7, 11) is 0. The number of rotatable bonds is 6. The first kappa shape index (κ1) is 16.6. The van der Waals surface area contributed by atoms with Crippen molar-refractivity contribution < 1.29 is 14.4 Å². The predicted octanol–water partition coefficient (Wildman–Crippen LogP) is 2.45. The topological polar surface area (TPSA) is 113 Å². The van der Waals surface area contributed by atoms with Crippen LogP contribution in [0, 0.1) is 15.9 Å². The molecular formula is C14H16FN5O3. The first-order valence-corrected chi connectivity index (χ1v) is 6.74. The molecule has 0 spiro atoms. The molecule has 2 rings (SSSR count). The lowest BCUT2D eigenvalue weighted by Crippen LogP contribution is -2.35. The lowest BCUT2D eigenvalue weighted by Gasteiger charge is -2.24. The Labute approximate surface area is 131 Å². The summed E-state index contributed by atoms with van der Waals surface area (Å²) in [6.07, 6.45) is 0.975. The Kier molecular flexibility index (Phi) is 4.70. The molecule has 9 heteroatoms. The zero-order valence-electron chi connectivity index (χ0n) is 12.6.